The van der Waals surface area contributed by atoms with Crippen LogP contribution in [0.4, 0.5) is 0 Å². The molecule has 0 N–H and O–H groups in total. The van der Waals surface area contributed by atoms with E-state index in [4.69, 9.17) is 4.74 Å². The number of esters is 1. The Balaban J connectivity index is 1.65. The van der Waals surface area contributed by atoms with Gasteiger partial charge in [-0.3, -0.25) is 4.79 Å². The van der Waals surface area contributed by atoms with Crippen molar-refractivity contribution in [1.82, 2.24) is 4.31 Å². The summed E-state index contributed by atoms with van der Waals surface area (Å²) in [5.41, 5.74) is 0.666. The fourth-order valence-corrected chi connectivity index (χ4v) is 4.95. The molecule has 0 spiro atoms. The molecule has 1 heterocycles. The van der Waals surface area contributed by atoms with E-state index in [1.807, 2.05) is 6.92 Å². The van der Waals surface area contributed by atoms with Crippen LogP contribution < -0.4 is 0 Å². The number of Topliss-reactive ketones (excluding diaryl/α,β-unsaturated/α-hetero) is 1. The summed E-state index contributed by atoms with van der Waals surface area (Å²) < 4.78 is 32.2. The lowest BCUT2D eigenvalue weighted by molar-refractivity contribution is 0.0474. The molecule has 6 nitrogen and oxygen atoms in total. The maximum absolute atomic E-state index is 12.8. The lowest BCUT2D eigenvalue weighted by Gasteiger charge is -2.32. The van der Waals surface area contributed by atoms with E-state index in [1.165, 1.54) is 28.6 Å². The topological polar surface area (TPSA) is 80.8 Å². The SMILES string of the molecule is C[C@@H]1CCCCN1S(=O)(=O)c1ccc(C(=O)OCC(=O)c2ccccc2)cc1. The third-order valence-corrected chi connectivity index (χ3v) is 6.90. The number of sulfonamides is 1. The minimum absolute atomic E-state index is 0.0348. The minimum atomic E-state index is -3.59. The smallest absolute Gasteiger partial charge is 0.338 e. The number of carbonyl (C=O) groups is 2. The van der Waals surface area contributed by atoms with Crippen LogP contribution in [-0.4, -0.2) is 43.7 Å². The van der Waals surface area contributed by atoms with Gasteiger partial charge in [0, 0.05) is 18.2 Å². The quantitative estimate of drug-likeness (QED) is 0.548. The van der Waals surface area contributed by atoms with Gasteiger partial charge in [0.25, 0.3) is 0 Å². The van der Waals surface area contributed by atoms with Gasteiger partial charge < -0.3 is 4.74 Å². The van der Waals surface area contributed by atoms with Crippen molar-refractivity contribution in [3.63, 3.8) is 0 Å². The van der Waals surface area contributed by atoms with Gasteiger partial charge in [0.15, 0.2) is 12.4 Å². The number of piperidine rings is 1. The van der Waals surface area contributed by atoms with Crippen molar-refractivity contribution in [1.29, 1.82) is 0 Å². The van der Waals surface area contributed by atoms with Crippen LogP contribution in [0.5, 0.6) is 0 Å². The first-order chi connectivity index (χ1) is 13.4. The summed E-state index contributed by atoms with van der Waals surface area (Å²) in [5.74, 6) is -0.966. The molecule has 0 saturated carbocycles. The molecule has 0 aromatic heterocycles. The van der Waals surface area contributed by atoms with Crippen LogP contribution in [0.1, 0.15) is 46.9 Å². The molecule has 0 bridgehead atoms. The van der Waals surface area contributed by atoms with Gasteiger partial charge in [-0.1, -0.05) is 36.8 Å². The normalized spacial score (nSPS) is 17.8. The molecule has 1 atom stereocenters. The van der Waals surface area contributed by atoms with E-state index in [-0.39, 0.29) is 28.9 Å². The number of carbonyl (C=O) groups excluding carboxylic acids is 2. The Morgan fingerprint density at radius 2 is 1.68 bits per heavy atom. The molecule has 7 heteroatoms. The predicted octanol–water partition coefficient (Wildman–Crippen LogP) is 3.29. The van der Waals surface area contributed by atoms with Crippen molar-refractivity contribution < 1.29 is 22.7 Å². The lowest BCUT2D eigenvalue weighted by Crippen LogP contribution is -2.41. The highest BCUT2D eigenvalue weighted by molar-refractivity contribution is 7.89. The molecule has 148 valence electrons. The van der Waals surface area contributed by atoms with Crippen LogP contribution in [0.2, 0.25) is 0 Å². The molecule has 0 aliphatic carbocycles. The summed E-state index contributed by atoms with van der Waals surface area (Å²) in [5, 5.41) is 0. The Labute approximate surface area is 165 Å². The molecular formula is C21H23NO5S. The van der Waals surface area contributed by atoms with Gasteiger partial charge in [-0.2, -0.15) is 4.31 Å². The molecule has 1 aliphatic heterocycles. The second-order valence-corrected chi connectivity index (χ2v) is 8.74. The zero-order valence-corrected chi connectivity index (χ0v) is 16.5. The molecule has 2 aromatic carbocycles. The Bertz CT molecular complexity index is 939. The molecule has 1 saturated heterocycles. The molecule has 1 aliphatic rings. The van der Waals surface area contributed by atoms with Gasteiger partial charge in [-0.05, 0) is 44.0 Å². The second kappa shape index (κ2) is 8.67. The summed E-state index contributed by atoms with van der Waals surface area (Å²) in [4.78, 5) is 24.3. The monoisotopic (exact) mass is 401 g/mol. The van der Waals surface area contributed by atoms with Crippen LogP contribution in [0.3, 0.4) is 0 Å². The Morgan fingerprint density at radius 1 is 1.00 bits per heavy atom. The standard InChI is InChI=1S/C21H23NO5S/c1-16-7-5-6-14-22(16)28(25,26)19-12-10-18(11-13-19)21(24)27-15-20(23)17-8-3-2-4-9-17/h2-4,8-13,16H,5-7,14-15H2,1H3/t16-/m1/s1. The minimum Gasteiger partial charge on any atom is -0.454 e. The number of hydrogen-bond donors (Lipinski definition) is 0. The van der Waals surface area contributed by atoms with Gasteiger partial charge in [0.05, 0.1) is 10.5 Å². The summed E-state index contributed by atoms with van der Waals surface area (Å²) in [6, 6.07) is 14.2. The van der Waals surface area contributed by atoms with Crippen LogP contribution in [-0.2, 0) is 14.8 Å². The molecule has 28 heavy (non-hydrogen) atoms. The summed E-state index contributed by atoms with van der Waals surface area (Å²) in [7, 11) is -3.59. The average molecular weight is 401 g/mol. The third kappa shape index (κ3) is 4.48. The molecule has 2 aromatic rings. The van der Waals surface area contributed by atoms with E-state index >= 15 is 0 Å². The van der Waals surface area contributed by atoms with E-state index in [1.54, 1.807) is 30.3 Å². The van der Waals surface area contributed by atoms with Crippen LogP contribution >= 0.6 is 0 Å². The predicted molar refractivity (Wildman–Crippen MR) is 105 cm³/mol. The number of hydrogen-bond acceptors (Lipinski definition) is 5. The summed E-state index contributed by atoms with van der Waals surface area (Å²) in [6.45, 7) is 2.05. The van der Waals surface area contributed by atoms with Crippen molar-refractivity contribution in [2.75, 3.05) is 13.2 Å². The van der Waals surface area contributed by atoms with Crippen molar-refractivity contribution >= 4 is 21.8 Å². The van der Waals surface area contributed by atoms with E-state index in [9.17, 15) is 18.0 Å². The van der Waals surface area contributed by atoms with Gasteiger partial charge in [0.2, 0.25) is 10.0 Å². The van der Waals surface area contributed by atoms with E-state index in [2.05, 4.69) is 0 Å². The number of ether oxygens (including phenoxy) is 1. The van der Waals surface area contributed by atoms with Crippen LogP contribution in [0, 0.1) is 0 Å². The number of ketones is 1. The molecule has 3 rings (SSSR count). The van der Waals surface area contributed by atoms with Crippen molar-refractivity contribution in [3.05, 3.63) is 65.7 Å². The van der Waals surface area contributed by atoms with E-state index in [0.29, 0.717) is 12.1 Å². The highest BCUT2D eigenvalue weighted by atomic mass is 32.2. The molecule has 0 unspecified atom stereocenters. The summed E-state index contributed by atoms with van der Waals surface area (Å²) in [6.07, 6.45) is 2.72. The van der Waals surface area contributed by atoms with Gasteiger partial charge >= 0.3 is 5.97 Å². The van der Waals surface area contributed by atoms with Crippen molar-refractivity contribution in [2.45, 2.75) is 37.1 Å². The zero-order valence-electron chi connectivity index (χ0n) is 15.7. The van der Waals surface area contributed by atoms with E-state index < -0.39 is 16.0 Å². The fourth-order valence-electron chi connectivity index (χ4n) is 3.25. The molecule has 0 radical (unpaired) electrons. The first-order valence-electron chi connectivity index (χ1n) is 9.27. The third-order valence-electron chi connectivity index (χ3n) is 4.87. The van der Waals surface area contributed by atoms with Crippen LogP contribution in [0.25, 0.3) is 0 Å². The average Bonchev–Trinajstić information content (AvgIpc) is 2.72. The molecule has 0 amide bonds. The van der Waals surface area contributed by atoms with Crippen LogP contribution in [0.15, 0.2) is 59.5 Å². The van der Waals surface area contributed by atoms with Crippen molar-refractivity contribution in [2.24, 2.45) is 0 Å². The highest BCUT2D eigenvalue weighted by Crippen LogP contribution is 2.25. The van der Waals surface area contributed by atoms with Gasteiger partial charge in [-0.25, -0.2) is 13.2 Å². The largest absolute Gasteiger partial charge is 0.454 e. The number of nitrogens with zero attached hydrogens (tertiary/aromatic N) is 1. The zero-order chi connectivity index (χ0) is 20.1. The fraction of sp³-hybridized carbons (Fsp3) is 0.333. The first-order valence-corrected chi connectivity index (χ1v) is 10.7. The number of rotatable bonds is 6. The first kappa shape index (κ1) is 20.2. The van der Waals surface area contributed by atoms with Gasteiger partial charge in [-0.15, -0.1) is 0 Å². The maximum atomic E-state index is 12.8. The molecule has 1 fully saturated rings. The Hall–Kier alpha value is -2.51. The summed E-state index contributed by atoms with van der Waals surface area (Å²) >= 11 is 0. The maximum Gasteiger partial charge on any atom is 0.338 e. The highest BCUT2D eigenvalue weighted by Gasteiger charge is 2.31. The second-order valence-electron chi connectivity index (χ2n) is 6.85. The number of benzene rings is 2. The van der Waals surface area contributed by atoms with E-state index in [0.717, 1.165) is 19.3 Å². The van der Waals surface area contributed by atoms with Gasteiger partial charge in [0.1, 0.15) is 0 Å². The Kier molecular flexibility index (Phi) is 6.26. The van der Waals surface area contributed by atoms with Crippen molar-refractivity contribution in [3.8, 4) is 0 Å². The lowest BCUT2D eigenvalue weighted by atomic mass is 10.1. The Morgan fingerprint density at radius 3 is 2.32 bits per heavy atom. The molecular weight excluding hydrogens is 378 g/mol.